The molecular weight excluding hydrogens is 154 g/mol. The summed E-state index contributed by atoms with van der Waals surface area (Å²) in [5.74, 6) is 0.410. The maximum absolute atomic E-state index is 9.07. The first kappa shape index (κ1) is 7.60. The van der Waals surface area contributed by atoms with E-state index < -0.39 is 6.10 Å². The van der Waals surface area contributed by atoms with Crippen molar-refractivity contribution in [1.82, 2.24) is 0 Å². The second-order valence-electron chi connectivity index (χ2n) is 1.92. The Hall–Kier alpha value is -0.510. The molecule has 0 fully saturated rings. The first-order valence-corrected chi connectivity index (χ1v) is 3.24. The lowest BCUT2D eigenvalue weighted by Gasteiger charge is -2.00. The minimum atomic E-state index is -0.743. The molecule has 0 aliphatic heterocycles. The molecule has 56 valence electrons. The van der Waals surface area contributed by atoms with Crippen LogP contribution in [0.25, 0.3) is 0 Å². The molecular formula is C6H8ClNO2. The zero-order valence-corrected chi connectivity index (χ0v) is 6.01. The van der Waals surface area contributed by atoms with Gasteiger partial charge in [0.2, 0.25) is 0 Å². The van der Waals surface area contributed by atoms with Crippen molar-refractivity contribution in [2.45, 2.75) is 6.10 Å². The van der Waals surface area contributed by atoms with E-state index in [4.69, 9.17) is 26.9 Å². The van der Waals surface area contributed by atoms with Crippen molar-refractivity contribution in [2.24, 2.45) is 5.73 Å². The Labute approximate surface area is 63.4 Å². The van der Waals surface area contributed by atoms with Crippen LogP contribution in [-0.4, -0.2) is 11.7 Å². The van der Waals surface area contributed by atoms with Gasteiger partial charge in [0.25, 0.3) is 0 Å². The number of aliphatic hydroxyl groups excluding tert-OH is 1. The third kappa shape index (κ3) is 1.50. The average molecular weight is 162 g/mol. The monoisotopic (exact) mass is 161 g/mol. The lowest BCUT2D eigenvalue weighted by Crippen LogP contribution is -2.10. The molecule has 0 aliphatic rings. The highest BCUT2D eigenvalue weighted by Gasteiger charge is 2.08. The number of furan rings is 1. The second kappa shape index (κ2) is 3.05. The molecule has 0 bridgehead atoms. The van der Waals surface area contributed by atoms with Crippen molar-refractivity contribution >= 4 is 11.6 Å². The number of nitrogens with two attached hydrogens (primary N) is 1. The highest BCUT2D eigenvalue weighted by molar-refractivity contribution is 6.30. The normalized spacial score (nSPS) is 13.5. The van der Waals surface area contributed by atoms with Gasteiger partial charge in [0, 0.05) is 12.6 Å². The van der Waals surface area contributed by atoms with Gasteiger partial charge in [-0.15, -0.1) is 0 Å². The largest absolute Gasteiger partial charge is 0.465 e. The maximum Gasteiger partial charge on any atom is 0.135 e. The van der Waals surface area contributed by atoms with Gasteiger partial charge in [0.05, 0.1) is 5.02 Å². The zero-order chi connectivity index (χ0) is 7.56. The Bertz CT molecular complexity index is 211. The van der Waals surface area contributed by atoms with Gasteiger partial charge < -0.3 is 15.3 Å². The number of hydrogen-bond donors (Lipinski definition) is 2. The van der Waals surface area contributed by atoms with Crippen LogP contribution in [0.15, 0.2) is 16.7 Å². The Kier molecular flexibility index (Phi) is 2.32. The molecule has 3 nitrogen and oxygen atoms in total. The zero-order valence-electron chi connectivity index (χ0n) is 5.25. The maximum atomic E-state index is 9.07. The fourth-order valence-corrected chi connectivity index (χ4v) is 0.771. The fourth-order valence-electron chi connectivity index (χ4n) is 0.619. The van der Waals surface area contributed by atoms with Crippen LogP contribution < -0.4 is 5.73 Å². The SMILES string of the molecule is NCC(O)c1cc(Cl)co1. The summed E-state index contributed by atoms with van der Waals surface area (Å²) in [5.41, 5.74) is 5.16. The summed E-state index contributed by atoms with van der Waals surface area (Å²) in [6, 6.07) is 1.54. The predicted octanol–water partition coefficient (Wildman–Crippen LogP) is 0.925. The Morgan fingerprint density at radius 2 is 2.50 bits per heavy atom. The molecule has 0 radical (unpaired) electrons. The van der Waals surface area contributed by atoms with Crippen LogP contribution in [-0.2, 0) is 0 Å². The molecule has 10 heavy (non-hydrogen) atoms. The summed E-state index contributed by atoms with van der Waals surface area (Å²) in [6.07, 6.45) is 0.614. The molecule has 0 spiro atoms. The fraction of sp³-hybridized carbons (Fsp3) is 0.333. The van der Waals surface area contributed by atoms with Gasteiger partial charge in [-0.05, 0) is 0 Å². The van der Waals surface area contributed by atoms with Gasteiger partial charge in [-0.25, -0.2) is 0 Å². The summed E-state index contributed by atoms with van der Waals surface area (Å²) in [4.78, 5) is 0. The van der Waals surface area contributed by atoms with Crippen LogP contribution in [0.2, 0.25) is 5.02 Å². The second-order valence-corrected chi connectivity index (χ2v) is 2.36. The van der Waals surface area contributed by atoms with Crippen LogP contribution in [0.3, 0.4) is 0 Å². The van der Waals surface area contributed by atoms with Crippen LogP contribution in [0, 0.1) is 0 Å². The Morgan fingerprint density at radius 1 is 1.80 bits per heavy atom. The van der Waals surface area contributed by atoms with E-state index in [9.17, 15) is 0 Å². The molecule has 1 aromatic heterocycles. The van der Waals surface area contributed by atoms with Crippen molar-refractivity contribution in [3.8, 4) is 0 Å². The summed E-state index contributed by atoms with van der Waals surface area (Å²) in [7, 11) is 0. The van der Waals surface area contributed by atoms with Gasteiger partial charge in [0.1, 0.15) is 18.1 Å². The lowest BCUT2D eigenvalue weighted by atomic mass is 10.3. The van der Waals surface area contributed by atoms with Crippen LogP contribution in [0.5, 0.6) is 0 Å². The molecule has 1 aromatic rings. The highest BCUT2D eigenvalue weighted by Crippen LogP contribution is 2.18. The number of aliphatic hydroxyl groups is 1. The van der Waals surface area contributed by atoms with E-state index in [2.05, 4.69) is 0 Å². The van der Waals surface area contributed by atoms with Crippen LogP contribution >= 0.6 is 11.6 Å². The van der Waals surface area contributed by atoms with E-state index in [0.29, 0.717) is 10.8 Å². The van der Waals surface area contributed by atoms with E-state index >= 15 is 0 Å². The minimum Gasteiger partial charge on any atom is -0.465 e. The minimum absolute atomic E-state index is 0.143. The molecule has 4 heteroatoms. The molecule has 1 rings (SSSR count). The van der Waals surface area contributed by atoms with E-state index in [1.165, 1.54) is 6.26 Å². The van der Waals surface area contributed by atoms with Gasteiger partial charge in [-0.1, -0.05) is 11.6 Å². The molecule has 0 aromatic carbocycles. The van der Waals surface area contributed by atoms with Crippen molar-refractivity contribution in [2.75, 3.05) is 6.54 Å². The standard InChI is InChI=1S/C6H8ClNO2/c7-4-1-6(10-3-4)5(9)2-8/h1,3,5,9H,2,8H2. The van der Waals surface area contributed by atoms with Crippen molar-refractivity contribution in [3.63, 3.8) is 0 Å². The molecule has 0 saturated carbocycles. The molecule has 0 amide bonds. The van der Waals surface area contributed by atoms with E-state index in [1.54, 1.807) is 6.07 Å². The van der Waals surface area contributed by atoms with E-state index in [0.717, 1.165) is 0 Å². The lowest BCUT2D eigenvalue weighted by molar-refractivity contribution is 0.158. The number of halogens is 1. The van der Waals surface area contributed by atoms with Gasteiger partial charge in [-0.2, -0.15) is 0 Å². The van der Waals surface area contributed by atoms with Crippen LogP contribution in [0.1, 0.15) is 11.9 Å². The van der Waals surface area contributed by atoms with Gasteiger partial charge >= 0.3 is 0 Å². The Balaban J connectivity index is 2.74. The third-order valence-corrected chi connectivity index (χ3v) is 1.34. The molecule has 1 heterocycles. The number of rotatable bonds is 2. The molecule has 0 aliphatic carbocycles. The van der Waals surface area contributed by atoms with E-state index in [-0.39, 0.29) is 6.54 Å². The van der Waals surface area contributed by atoms with Crippen molar-refractivity contribution in [3.05, 3.63) is 23.1 Å². The summed E-state index contributed by atoms with van der Waals surface area (Å²) in [6.45, 7) is 0.143. The summed E-state index contributed by atoms with van der Waals surface area (Å²) < 4.78 is 4.86. The smallest absolute Gasteiger partial charge is 0.135 e. The topological polar surface area (TPSA) is 59.4 Å². The number of hydrogen-bond acceptors (Lipinski definition) is 3. The third-order valence-electron chi connectivity index (χ3n) is 1.14. The van der Waals surface area contributed by atoms with Crippen molar-refractivity contribution in [1.29, 1.82) is 0 Å². The summed E-state index contributed by atoms with van der Waals surface area (Å²) >= 11 is 5.52. The van der Waals surface area contributed by atoms with Gasteiger partial charge in [-0.3, -0.25) is 0 Å². The quantitative estimate of drug-likeness (QED) is 0.678. The molecule has 0 saturated heterocycles. The van der Waals surface area contributed by atoms with Gasteiger partial charge in [0.15, 0.2) is 0 Å². The molecule has 1 atom stereocenters. The van der Waals surface area contributed by atoms with Crippen LogP contribution in [0.4, 0.5) is 0 Å². The summed E-state index contributed by atoms with van der Waals surface area (Å²) in [5, 5.41) is 9.54. The van der Waals surface area contributed by atoms with Crippen molar-refractivity contribution < 1.29 is 9.52 Å². The first-order chi connectivity index (χ1) is 4.74. The molecule has 1 unspecified atom stereocenters. The average Bonchev–Trinajstić information content (AvgIpc) is 2.34. The highest BCUT2D eigenvalue weighted by atomic mass is 35.5. The first-order valence-electron chi connectivity index (χ1n) is 2.86. The molecule has 3 N–H and O–H groups in total. The Morgan fingerprint density at radius 3 is 2.90 bits per heavy atom. The van der Waals surface area contributed by atoms with E-state index in [1.807, 2.05) is 0 Å². The predicted molar refractivity (Wildman–Crippen MR) is 37.7 cm³/mol.